The summed E-state index contributed by atoms with van der Waals surface area (Å²) in [6.07, 6.45) is 0. The van der Waals surface area contributed by atoms with E-state index in [0.717, 1.165) is 11.1 Å². The second-order valence-corrected chi connectivity index (χ2v) is 6.90. The maximum atomic E-state index is 14.3. The van der Waals surface area contributed by atoms with Crippen molar-refractivity contribution in [3.05, 3.63) is 59.9 Å². The number of halogens is 1. The Balaban J connectivity index is 1.95. The van der Waals surface area contributed by atoms with Crippen molar-refractivity contribution in [2.75, 3.05) is 14.2 Å². The van der Waals surface area contributed by atoms with Gasteiger partial charge in [0, 0.05) is 18.5 Å². The highest BCUT2D eigenvalue weighted by molar-refractivity contribution is 5.84. The minimum atomic E-state index is -0.250. The van der Waals surface area contributed by atoms with Gasteiger partial charge in [0.1, 0.15) is 5.82 Å². The van der Waals surface area contributed by atoms with Crippen LogP contribution in [-0.4, -0.2) is 25.1 Å². The smallest absolute Gasteiger partial charge is 0.250 e. The third-order valence-corrected chi connectivity index (χ3v) is 5.11. The fourth-order valence-corrected chi connectivity index (χ4v) is 3.58. The van der Waals surface area contributed by atoms with Crippen molar-refractivity contribution in [2.45, 2.75) is 19.8 Å². The lowest BCUT2D eigenvalue weighted by Gasteiger charge is -2.14. The van der Waals surface area contributed by atoms with E-state index in [9.17, 15) is 9.18 Å². The summed E-state index contributed by atoms with van der Waals surface area (Å²) in [6.45, 7) is 4.13. The van der Waals surface area contributed by atoms with Crippen LogP contribution in [-0.2, 0) is 9.63 Å². The highest BCUT2D eigenvalue weighted by Gasteiger charge is 2.63. The van der Waals surface area contributed by atoms with Gasteiger partial charge in [-0.15, -0.1) is 0 Å². The average Bonchev–Trinajstić information content (AvgIpc) is 3.16. The van der Waals surface area contributed by atoms with Gasteiger partial charge in [0.05, 0.1) is 13.0 Å². The van der Waals surface area contributed by atoms with Crippen molar-refractivity contribution in [3.8, 4) is 11.1 Å². The van der Waals surface area contributed by atoms with E-state index in [4.69, 9.17) is 4.84 Å². The van der Waals surface area contributed by atoms with Crippen molar-refractivity contribution in [3.63, 3.8) is 0 Å². The molecule has 0 aliphatic heterocycles. The van der Waals surface area contributed by atoms with Crippen LogP contribution in [0.3, 0.4) is 0 Å². The van der Waals surface area contributed by atoms with E-state index in [1.165, 1.54) is 18.2 Å². The van der Waals surface area contributed by atoms with Gasteiger partial charge < -0.3 is 0 Å². The maximum Gasteiger partial charge on any atom is 0.250 e. The molecule has 126 valence electrons. The molecule has 4 heteroatoms. The van der Waals surface area contributed by atoms with Gasteiger partial charge >= 0.3 is 0 Å². The molecule has 1 aliphatic rings. The van der Waals surface area contributed by atoms with Gasteiger partial charge in [-0.2, -0.15) is 0 Å². The quantitative estimate of drug-likeness (QED) is 0.786. The molecule has 1 amide bonds. The first-order chi connectivity index (χ1) is 11.4. The molecular weight excluding hydrogens is 305 g/mol. The number of hydrogen-bond acceptors (Lipinski definition) is 2. The fraction of sp³-hybridized carbons (Fsp3) is 0.350. The van der Waals surface area contributed by atoms with Gasteiger partial charge in [0.25, 0.3) is 0 Å². The van der Waals surface area contributed by atoms with Gasteiger partial charge in [-0.1, -0.05) is 50.2 Å². The summed E-state index contributed by atoms with van der Waals surface area (Å²) >= 11 is 0. The van der Waals surface area contributed by atoms with E-state index in [2.05, 4.69) is 13.8 Å². The average molecular weight is 327 g/mol. The number of rotatable bonds is 4. The van der Waals surface area contributed by atoms with Gasteiger partial charge in [-0.05, 0) is 28.7 Å². The van der Waals surface area contributed by atoms with Crippen LogP contribution in [0, 0.1) is 17.2 Å². The molecule has 3 rings (SSSR count). The normalized spacial score (nSPS) is 21.4. The lowest BCUT2D eigenvalue weighted by atomic mass is 9.97. The molecule has 0 spiro atoms. The standard InChI is InChI=1S/C20H22FNO2/c1-20(2)17(18(20)19(23)22(3)24-4)14-10-11-16(21)15(12-14)13-8-6-5-7-9-13/h5-12,17-18H,1-4H3/t17-,18+/m1/s1. The van der Waals surface area contributed by atoms with Crippen LogP contribution in [0.2, 0.25) is 0 Å². The fourth-order valence-electron chi connectivity index (χ4n) is 3.58. The van der Waals surface area contributed by atoms with Crippen molar-refractivity contribution in [2.24, 2.45) is 11.3 Å². The molecule has 2 aromatic rings. The van der Waals surface area contributed by atoms with Crippen LogP contribution < -0.4 is 0 Å². The van der Waals surface area contributed by atoms with Gasteiger partial charge in [0.15, 0.2) is 0 Å². The van der Waals surface area contributed by atoms with Gasteiger partial charge in [-0.25, -0.2) is 9.45 Å². The first-order valence-electron chi connectivity index (χ1n) is 8.04. The number of benzene rings is 2. The summed E-state index contributed by atoms with van der Waals surface area (Å²) in [7, 11) is 3.10. The minimum Gasteiger partial charge on any atom is -0.275 e. The Kier molecular flexibility index (Phi) is 4.18. The van der Waals surface area contributed by atoms with E-state index < -0.39 is 0 Å². The molecule has 2 atom stereocenters. The summed E-state index contributed by atoms with van der Waals surface area (Å²) < 4.78 is 14.3. The van der Waals surface area contributed by atoms with Crippen LogP contribution >= 0.6 is 0 Å². The molecule has 0 N–H and O–H groups in total. The zero-order valence-corrected chi connectivity index (χ0v) is 14.4. The number of amides is 1. The zero-order valence-electron chi connectivity index (χ0n) is 14.4. The Hall–Kier alpha value is -2.20. The van der Waals surface area contributed by atoms with Crippen molar-refractivity contribution in [1.29, 1.82) is 0 Å². The lowest BCUT2D eigenvalue weighted by Crippen LogP contribution is -2.28. The summed E-state index contributed by atoms with van der Waals surface area (Å²) in [4.78, 5) is 17.5. The molecule has 0 radical (unpaired) electrons. The number of nitrogens with zero attached hydrogens (tertiary/aromatic N) is 1. The maximum absolute atomic E-state index is 14.3. The molecule has 0 unspecified atom stereocenters. The third kappa shape index (κ3) is 2.71. The Morgan fingerprint density at radius 3 is 2.46 bits per heavy atom. The SMILES string of the molecule is CON(C)C(=O)[C@@H]1[C@@H](c2ccc(F)c(-c3ccccc3)c2)C1(C)C. The van der Waals surface area contributed by atoms with Crippen LogP contribution in [0.25, 0.3) is 11.1 Å². The van der Waals surface area contributed by atoms with Crippen LogP contribution in [0.15, 0.2) is 48.5 Å². The second kappa shape index (κ2) is 6.02. The molecule has 0 heterocycles. The molecule has 2 aromatic carbocycles. The van der Waals surface area contributed by atoms with Crippen LogP contribution in [0.5, 0.6) is 0 Å². The molecule has 0 saturated heterocycles. The highest BCUT2D eigenvalue weighted by Crippen LogP contribution is 2.65. The number of carbonyl (C=O) groups is 1. The minimum absolute atomic E-state index is 0.0434. The van der Waals surface area contributed by atoms with Crippen LogP contribution in [0.4, 0.5) is 4.39 Å². The lowest BCUT2D eigenvalue weighted by molar-refractivity contribution is -0.171. The third-order valence-electron chi connectivity index (χ3n) is 5.11. The zero-order chi connectivity index (χ0) is 17.5. The van der Waals surface area contributed by atoms with Crippen molar-refractivity contribution in [1.82, 2.24) is 5.06 Å². The second-order valence-electron chi connectivity index (χ2n) is 6.90. The summed E-state index contributed by atoms with van der Waals surface area (Å²) in [5, 5.41) is 1.27. The topological polar surface area (TPSA) is 29.5 Å². The van der Waals surface area contributed by atoms with E-state index in [0.29, 0.717) is 5.56 Å². The molecule has 24 heavy (non-hydrogen) atoms. The largest absolute Gasteiger partial charge is 0.275 e. The molecule has 3 nitrogen and oxygen atoms in total. The van der Waals surface area contributed by atoms with E-state index in [1.807, 2.05) is 36.4 Å². The van der Waals surface area contributed by atoms with Crippen molar-refractivity contribution >= 4 is 5.91 Å². The molecule has 0 aromatic heterocycles. The molecule has 1 fully saturated rings. The number of carbonyl (C=O) groups excluding carboxylic acids is 1. The van der Waals surface area contributed by atoms with Crippen molar-refractivity contribution < 1.29 is 14.0 Å². The molecule has 1 aliphatic carbocycles. The molecule has 1 saturated carbocycles. The van der Waals surface area contributed by atoms with E-state index in [1.54, 1.807) is 13.1 Å². The van der Waals surface area contributed by atoms with Gasteiger partial charge in [-0.3, -0.25) is 9.63 Å². The highest BCUT2D eigenvalue weighted by atomic mass is 19.1. The summed E-state index contributed by atoms with van der Waals surface area (Å²) in [5.41, 5.74) is 2.23. The Morgan fingerprint density at radius 2 is 1.83 bits per heavy atom. The Morgan fingerprint density at radius 1 is 1.17 bits per heavy atom. The van der Waals surface area contributed by atoms with Gasteiger partial charge in [0.2, 0.25) is 5.91 Å². The first kappa shape index (κ1) is 16.7. The first-order valence-corrected chi connectivity index (χ1v) is 8.04. The monoisotopic (exact) mass is 327 g/mol. The molecular formula is C20H22FNO2. The number of hydrogen-bond donors (Lipinski definition) is 0. The summed E-state index contributed by atoms with van der Waals surface area (Å²) in [5.74, 6) is -0.388. The predicted octanol–water partition coefficient (Wildman–Crippen LogP) is 4.25. The summed E-state index contributed by atoms with van der Waals surface area (Å²) in [6, 6.07) is 14.6. The van der Waals surface area contributed by atoms with E-state index in [-0.39, 0.29) is 29.0 Å². The number of hydroxylamine groups is 2. The van der Waals surface area contributed by atoms with Crippen LogP contribution in [0.1, 0.15) is 25.3 Å². The Labute approximate surface area is 142 Å². The Bertz CT molecular complexity index is 757. The predicted molar refractivity (Wildman–Crippen MR) is 91.6 cm³/mol. The molecule has 0 bridgehead atoms. The van der Waals surface area contributed by atoms with E-state index >= 15 is 0 Å².